The number of nitrogens with zero attached hydrogens (tertiary/aromatic N) is 6. The second kappa shape index (κ2) is 14.3. The van der Waals surface area contributed by atoms with Crippen molar-refractivity contribution in [2.45, 2.75) is 51.0 Å². The van der Waals surface area contributed by atoms with Crippen LogP contribution in [0.15, 0.2) is 30.9 Å². The van der Waals surface area contributed by atoms with Crippen LogP contribution >= 0.6 is 27.0 Å². The molecule has 4 heterocycles. The molecular formula is C30H38F4N6O2S2. The van der Waals surface area contributed by atoms with Gasteiger partial charge in [0, 0.05) is 43.8 Å². The number of likely N-dealkylation sites (tertiary alicyclic amines) is 1. The number of piperazine rings is 1. The lowest BCUT2D eigenvalue weighted by atomic mass is 9.96. The maximum absolute atomic E-state index is 14.4. The van der Waals surface area contributed by atoms with E-state index in [2.05, 4.69) is 17.5 Å². The van der Waals surface area contributed by atoms with E-state index < -0.39 is 17.6 Å². The molecular weight excluding hydrogens is 616 g/mol. The Hall–Kier alpha value is -3.15. The number of anilines is 2. The number of nitriles is 1. The molecule has 8 nitrogen and oxygen atoms in total. The molecule has 1 aromatic heterocycles. The standard InChI is InChI=1S/C30H34F4N6O2.2H2S/c1-4-26(41)40-14-13-39(16-19(40)2)28-21-10-12-38(25-9-5-8-23(31)27(25)30(32,33)34)17-24(21)36-29(22(28)15-35)42-18-20-7-6-11-37(20)3;;/h4-5,8-9,19-20H,1,6-7,10-14,16-18H2,2-3H3;2*1H2/t19-,20-;;/m0../s1. The van der Waals surface area contributed by atoms with E-state index in [0.29, 0.717) is 44.0 Å². The third kappa shape index (κ3) is 6.89. The van der Waals surface area contributed by atoms with Crippen molar-refractivity contribution in [1.29, 1.82) is 5.26 Å². The van der Waals surface area contributed by atoms with Crippen LogP contribution in [0.2, 0.25) is 0 Å². The third-order valence-corrected chi connectivity index (χ3v) is 8.51. The number of alkyl halides is 3. The molecule has 0 radical (unpaired) electrons. The smallest absolute Gasteiger partial charge is 0.421 e. The highest BCUT2D eigenvalue weighted by molar-refractivity contribution is 7.59. The van der Waals surface area contributed by atoms with E-state index in [1.807, 2.05) is 18.9 Å². The normalized spacial score (nSPS) is 20.2. The Morgan fingerprint density at radius 2 is 1.95 bits per heavy atom. The Morgan fingerprint density at radius 3 is 2.57 bits per heavy atom. The number of carbonyl (C=O) groups excluding carboxylic acids is 1. The van der Waals surface area contributed by atoms with Crippen molar-refractivity contribution < 1.29 is 27.1 Å². The van der Waals surface area contributed by atoms with Crippen LogP contribution in [0.25, 0.3) is 0 Å². The number of hydrogen-bond donors (Lipinski definition) is 0. The molecule has 3 aliphatic heterocycles. The van der Waals surface area contributed by atoms with Gasteiger partial charge in [0.2, 0.25) is 11.8 Å². The number of benzene rings is 1. The van der Waals surface area contributed by atoms with Crippen molar-refractivity contribution in [3.8, 4) is 11.9 Å². The van der Waals surface area contributed by atoms with Gasteiger partial charge in [0.1, 0.15) is 29.6 Å². The van der Waals surface area contributed by atoms with Gasteiger partial charge in [-0.15, -0.1) is 0 Å². The number of rotatable bonds is 6. The van der Waals surface area contributed by atoms with Crippen molar-refractivity contribution in [1.82, 2.24) is 14.8 Å². The second-order valence-corrected chi connectivity index (χ2v) is 11.1. The van der Waals surface area contributed by atoms with Crippen LogP contribution in [0.3, 0.4) is 0 Å². The minimum Gasteiger partial charge on any atom is -0.475 e. The van der Waals surface area contributed by atoms with E-state index in [1.165, 1.54) is 23.1 Å². The van der Waals surface area contributed by atoms with Gasteiger partial charge >= 0.3 is 6.18 Å². The topological polar surface area (TPSA) is 75.9 Å². The van der Waals surface area contributed by atoms with Crippen molar-refractivity contribution in [3.63, 3.8) is 0 Å². The molecule has 0 saturated carbocycles. The predicted molar refractivity (Wildman–Crippen MR) is 171 cm³/mol. The number of hydrogen-bond acceptors (Lipinski definition) is 7. The van der Waals surface area contributed by atoms with E-state index in [9.17, 15) is 27.6 Å². The zero-order valence-electron chi connectivity index (χ0n) is 24.8. The summed E-state index contributed by atoms with van der Waals surface area (Å²) < 4.78 is 62.2. The van der Waals surface area contributed by atoms with Gasteiger partial charge in [-0.05, 0) is 58.0 Å². The number of likely N-dealkylation sites (N-methyl/N-ethyl adjacent to an activating group) is 1. The van der Waals surface area contributed by atoms with E-state index in [0.717, 1.165) is 31.0 Å². The quantitative estimate of drug-likeness (QED) is 0.333. The summed E-state index contributed by atoms with van der Waals surface area (Å²) in [5.74, 6) is -1.36. The van der Waals surface area contributed by atoms with Crippen molar-refractivity contribution in [3.05, 3.63) is 59.1 Å². The maximum Gasteiger partial charge on any atom is 0.421 e. The molecule has 14 heteroatoms. The number of pyridine rings is 1. The lowest BCUT2D eigenvalue weighted by molar-refractivity contribution is -0.139. The first-order chi connectivity index (χ1) is 20.0. The molecule has 44 heavy (non-hydrogen) atoms. The molecule has 5 rings (SSSR count). The monoisotopic (exact) mass is 654 g/mol. The van der Waals surface area contributed by atoms with Crippen LogP contribution in [-0.4, -0.2) is 79.2 Å². The fraction of sp³-hybridized carbons (Fsp3) is 0.500. The third-order valence-electron chi connectivity index (χ3n) is 8.51. The summed E-state index contributed by atoms with van der Waals surface area (Å²) in [7, 11) is 2.01. The Morgan fingerprint density at radius 1 is 1.20 bits per heavy atom. The van der Waals surface area contributed by atoms with E-state index in [4.69, 9.17) is 9.72 Å². The molecule has 2 saturated heterocycles. The lowest BCUT2D eigenvalue weighted by Crippen LogP contribution is -2.54. The molecule has 0 bridgehead atoms. The van der Waals surface area contributed by atoms with Gasteiger partial charge in [-0.3, -0.25) is 4.79 Å². The van der Waals surface area contributed by atoms with Crippen LogP contribution < -0.4 is 14.5 Å². The first-order valence-corrected chi connectivity index (χ1v) is 14.1. The van der Waals surface area contributed by atoms with Crippen molar-refractivity contribution >= 4 is 44.3 Å². The largest absolute Gasteiger partial charge is 0.475 e. The van der Waals surface area contributed by atoms with Crippen LogP contribution in [0, 0.1) is 17.1 Å². The molecule has 0 N–H and O–H groups in total. The van der Waals surface area contributed by atoms with Gasteiger partial charge in [-0.25, -0.2) is 9.37 Å². The maximum atomic E-state index is 14.4. The van der Waals surface area contributed by atoms with Crippen molar-refractivity contribution in [2.24, 2.45) is 0 Å². The molecule has 2 atom stereocenters. The van der Waals surface area contributed by atoms with Crippen LogP contribution in [0.5, 0.6) is 5.88 Å². The zero-order valence-corrected chi connectivity index (χ0v) is 26.8. The van der Waals surface area contributed by atoms with Gasteiger partial charge in [0.05, 0.1) is 23.6 Å². The molecule has 0 aliphatic carbocycles. The average Bonchev–Trinajstić information content (AvgIpc) is 3.37. The van der Waals surface area contributed by atoms with E-state index in [-0.39, 0.29) is 75.2 Å². The fourth-order valence-corrected chi connectivity index (χ4v) is 6.32. The molecule has 3 aliphatic rings. The minimum absolute atomic E-state index is 0. The first kappa shape index (κ1) is 35.3. The molecule has 2 aromatic rings. The Labute approximate surface area is 269 Å². The SMILES string of the molecule is C=CC(=O)N1CCN(c2c(C#N)c(OC[C@@H]3CCCN3C)nc3c2CCN(c2cccc(F)c2C(F)(F)F)C3)C[C@@H]1C.S.S. The highest BCUT2D eigenvalue weighted by Gasteiger charge is 2.40. The molecule has 1 aromatic carbocycles. The van der Waals surface area contributed by atoms with Gasteiger partial charge in [0.15, 0.2) is 0 Å². The number of halogens is 4. The molecule has 0 unspecified atom stereocenters. The van der Waals surface area contributed by atoms with Crippen LogP contribution in [-0.2, 0) is 23.9 Å². The molecule has 0 spiro atoms. The fourth-order valence-electron chi connectivity index (χ4n) is 6.32. The van der Waals surface area contributed by atoms with E-state index >= 15 is 0 Å². The van der Waals surface area contributed by atoms with Gasteiger partial charge in [-0.1, -0.05) is 12.6 Å². The number of amides is 1. The van der Waals surface area contributed by atoms with Gasteiger partial charge in [-0.2, -0.15) is 45.4 Å². The van der Waals surface area contributed by atoms with Crippen LogP contribution in [0.4, 0.5) is 28.9 Å². The summed E-state index contributed by atoms with van der Waals surface area (Å²) in [5.41, 5.74) is 0.611. The number of ether oxygens (including phenoxy) is 1. The molecule has 240 valence electrons. The summed E-state index contributed by atoms with van der Waals surface area (Å²) in [6.45, 7) is 8.25. The second-order valence-electron chi connectivity index (χ2n) is 11.1. The minimum atomic E-state index is -4.87. The zero-order chi connectivity index (χ0) is 30.2. The van der Waals surface area contributed by atoms with Crippen molar-refractivity contribution in [2.75, 3.05) is 56.2 Å². The number of fused-ring (bicyclic) bond motifs is 1. The van der Waals surface area contributed by atoms with Gasteiger partial charge < -0.3 is 24.3 Å². The summed E-state index contributed by atoms with van der Waals surface area (Å²) in [4.78, 5) is 24.5. The lowest BCUT2D eigenvalue weighted by Gasteiger charge is -2.42. The summed E-state index contributed by atoms with van der Waals surface area (Å²) in [5, 5.41) is 10.3. The summed E-state index contributed by atoms with van der Waals surface area (Å²) >= 11 is 0. The van der Waals surface area contributed by atoms with Crippen LogP contribution in [0.1, 0.15) is 42.1 Å². The first-order valence-electron chi connectivity index (χ1n) is 14.1. The number of carbonyl (C=O) groups is 1. The Balaban J connectivity index is 0.00000264. The number of aromatic nitrogens is 1. The highest BCUT2D eigenvalue weighted by atomic mass is 32.1. The summed E-state index contributed by atoms with van der Waals surface area (Å²) in [6.07, 6.45) is -1.31. The molecule has 1 amide bonds. The van der Waals surface area contributed by atoms with E-state index in [1.54, 1.807) is 4.90 Å². The molecule has 2 fully saturated rings. The van der Waals surface area contributed by atoms with Gasteiger partial charge in [0.25, 0.3) is 0 Å². The summed E-state index contributed by atoms with van der Waals surface area (Å²) in [6, 6.07) is 5.62. The Bertz CT molecular complexity index is 1420. The predicted octanol–water partition coefficient (Wildman–Crippen LogP) is 4.60. The highest BCUT2D eigenvalue weighted by Crippen LogP contribution is 2.42. The Kier molecular flexibility index (Phi) is 11.5. The average molecular weight is 655 g/mol.